The molecular weight excluding hydrogens is 250 g/mol. The first-order chi connectivity index (χ1) is 9.56. The van der Waals surface area contributed by atoms with Gasteiger partial charge in [-0.05, 0) is 38.6 Å². The zero-order valence-electron chi connectivity index (χ0n) is 12.9. The Labute approximate surface area is 122 Å². The van der Waals surface area contributed by atoms with Gasteiger partial charge in [0, 0.05) is 44.8 Å². The number of aryl methyl sites for hydroxylation is 1. The molecule has 2 rings (SSSR count). The Balaban J connectivity index is 2.01. The van der Waals surface area contributed by atoms with E-state index in [4.69, 9.17) is 0 Å². The van der Waals surface area contributed by atoms with Crippen LogP contribution in [0.15, 0.2) is 12.1 Å². The van der Waals surface area contributed by atoms with E-state index in [0.29, 0.717) is 5.75 Å². The summed E-state index contributed by atoms with van der Waals surface area (Å²) in [6, 6.07) is 4.28. The Bertz CT molecular complexity index is 440. The largest absolute Gasteiger partial charge is 0.507 e. The molecule has 1 aromatic carbocycles. The maximum Gasteiger partial charge on any atom is 0.122 e. The second-order valence-electron chi connectivity index (χ2n) is 6.00. The molecule has 1 aliphatic rings. The van der Waals surface area contributed by atoms with E-state index in [0.717, 1.165) is 56.8 Å². The molecule has 1 aromatic rings. The fourth-order valence-corrected chi connectivity index (χ4v) is 2.76. The van der Waals surface area contributed by atoms with Gasteiger partial charge in [0.05, 0.1) is 0 Å². The number of rotatable bonds is 5. The number of phenols is 1. The SMILES string of the molecule is Cc1cc(CCN2CCNCC2)cc(CN(C)C)c1O. The second-order valence-corrected chi connectivity index (χ2v) is 6.00. The molecule has 4 heteroatoms. The van der Waals surface area contributed by atoms with Crippen molar-refractivity contribution < 1.29 is 5.11 Å². The molecule has 0 bridgehead atoms. The number of nitrogens with one attached hydrogen (secondary N) is 1. The van der Waals surface area contributed by atoms with E-state index in [9.17, 15) is 5.11 Å². The van der Waals surface area contributed by atoms with Crippen molar-refractivity contribution in [1.82, 2.24) is 15.1 Å². The van der Waals surface area contributed by atoms with Gasteiger partial charge >= 0.3 is 0 Å². The standard InChI is InChI=1S/C16H27N3O/c1-13-10-14(4-7-19-8-5-17-6-9-19)11-15(16(13)20)12-18(2)3/h10-11,17,20H,4-9,12H2,1-3H3. The monoisotopic (exact) mass is 277 g/mol. The lowest BCUT2D eigenvalue weighted by molar-refractivity contribution is 0.244. The number of hydrogen-bond donors (Lipinski definition) is 2. The lowest BCUT2D eigenvalue weighted by Crippen LogP contribution is -2.44. The highest BCUT2D eigenvalue weighted by Gasteiger charge is 2.11. The predicted octanol–water partition coefficient (Wildman–Crippen LogP) is 1.21. The van der Waals surface area contributed by atoms with Crippen molar-refractivity contribution in [2.24, 2.45) is 0 Å². The Morgan fingerprint density at radius 1 is 1.25 bits per heavy atom. The van der Waals surface area contributed by atoms with Crippen LogP contribution in [0.4, 0.5) is 0 Å². The molecule has 0 aromatic heterocycles. The maximum atomic E-state index is 10.1. The summed E-state index contributed by atoms with van der Waals surface area (Å²) in [5, 5.41) is 13.5. The smallest absolute Gasteiger partial charge is 0.122 e. The molecule has 4 nitrogen and oxygen atoms in total. The normalized spacial score (nSPS) is 16.8. The summed E-state index contributed by atoms with van der Waals surface area (Å²) >= 11 is 0. The van der Waals surface area contributed by atoms with Crippen LogP contribution in [0.5, 0.6) is 5.75 Å². The molecule has 1 heterocycles. The van der Waals surface area contributed by atoms with E-state index in [1.807, 2.05) is 21.0 Å². The van der Waals surface area contributed by atoms with Gasteiger partial charge in [0.25, 0.3) is 0 Å². The van der Waals surface area contributed by atoms with Crippen LogP contribution >= 0.6 is 0 Å². The van der Waals surface area contributed by atoms with Gasteiger partial charge in [-0.15, -0.1) is 0 Å². The van der Waals surface area contributed by atoms with Crippen LogP contribution in [0.25, 0.3) is 0 Å². The van der Waals surface area contributed by atoms with Crippen molar-refractivity contribution in [3.05, 3.63) is 28.8 Å². The Morgan fingerprint density at radius 2 is 1.95 bits per heavy atom. The number of nitrogens with zero attached hydrogens (tertiary/aromatic N) is 2. The van der Waals surface area contributed by atoms with E-state index in [1.165, 1.54) is 5.56 Å². The number of hydrogen-bond acceptors (Lipinski definition) is 4. The maximum absolute atomic E-state index is 10.1. The van der Waals surface area contributed by atoms with E-state index in [2.05, 4.69) is 27.2 Å². The van der Waals surface area contributed by atoms with Gasteiger partial charge < -0.3 is 20.2 Å². The quantitative estimate of drug-likeness (QED) is 0.848. The molecule has 1 aliphatic heterocycles. The Kier molecular flexibility index (Phi) is 5.40. The van der Waals surface area contributed by atoms with E-state index >= 15 is 0 Å². The average molecular weight is 277 g/mol. The lowest BCUT2D eigenvalue weighted by Gasteiger charge is -2.27. The summed E-state index contributed by atoms with van der Waals surface area (Å²) in [6.45, 7) is 8.36. The van der Waals surface area contributed by atoms with E-state index in [-0.39, 0.29) is 0 Å². The van der Waals surface area contributed by atoms with Gasteiger partial charge in [-0.1, -0.05) is 12.1 Å². The molecule has 0 radical (unpaired) electrons. The molecule has 20 heavy (non-hydrogen) atoms. The Morgan fingerprint density at radius 3 is 2.60 bits per heavy atom. The third kappa shape index (κ3) is 4.20. The van der Waals surface area contributed by atoms with Crippen LogP contribution < -0.4 is 5.32 Å². The van der Waals surface area contributed by atoms with Crippen molar-refractivity contribution >= 4 is 0 Å². The average Bonchev–Trinajstić information content (AvgIpc) is 2.42. The molecule has 0 saturated carbocycles. The highest BCUT2D eigenvalue weighted by Crippen LogP contribution is 2.25. The van der Waals surface area contributed by atoms with Crippen LogP contribution in [0.1, 0.15) is 16.7 Å². The van der Waals surface area contributed by atoms with Crippen LogP contribution in [0.3, 0.4) is 0 Å². The third-order valence-electron chi connectivity index (χ3n) is 3.85. The van der Waals surface area contributed by atoms with Gasteiger partial charge in [0.1, 0.15) is 5.75 Å². The summed E-state index contributed by atoms with van der Waals surface area (Å²) in [5.41, 5.74) is 3.35. The van der Waals surface area contributed by atoms with E-state index in [1.54, 1.807) is 0 Å². The molecule has 1 saturated heterocycles. The summed E-state index contributed by atoms with van der Waals surface area (Å²) in [7, 11) is 4.06. The molecule has 0 spiro atoms. The highest BCUT2D eigenvalue weighted by molar-refractivity contribution is 5.43. The van der Waals surface area contributed by atoms with Crippen LogP contribution in [0.2, 0.25) is 0 Å². The lowest BCUT2D eigenvalue weighted by atomic mass is 10.0. The third-order valence-corrected chi connectivity index (χ3v) is 3.85. The molecule has 0 unspecified atom stereocenters. The fraction of sp³-hybridized carbons (Fsp3) is 0.625. The van der Waals surface area contributed by atoms with Gasteiger partial charge in [0.2, 0.25) is 0 Å². The van der Waals surface area contributed by atoms with Crippen molar-refractivity contribution in [3.8, 4) is 5.75 Å². The fourth-order valence-electron chi connectivity index (χ4n) is 2.76. The van der Waals surface area contributed by atoms with Gasteiger partial charge in [-0.3, -0.25) is 0 Å². The highest BCUT2D eigenvalue weighted by atomic mass is 16.3. The summed E-state index contributed by atoms with van der Waals surface area (Å²) in [5.74, 6) is 0.449. The first kappa shape index (κ1) is 15.3. The van der Waals surface area contributed by atoms with Crippen LogP contribution in [0, 0.1) is 6.92 Å². The Hall–Kier alpha value is -1.10. The summed E-state index contributed by atoms with van der Waals surface area (Å²) < 4.78 is 0. The first-order valence-corrected chi connectivity index (χ1v) is 7.45. The molecule has 2 N–H and O–H groups in total. The molecular formula is C16H27N3O. The molecule has 1 fully saturated rings. The minimum Gasteiger partial charge on any atom is -0.507 e. The number of benzene rings is 1. The van der Waals surface area contributed by atoms with Gasteiger partial charge in [0.15, 0.2) is 0 Å². The number of phenolic OH excluding ortho intramolecular Hbond substituents is 1. The predicted molar refractivity (Wildman–Crippen MR) is 83.2 cm³/mol. The minimum absolute atomic E-state index is 0.449. The zero-order valence-corrected chi connectivity index (χ0v) is 12.9. The van der Waals surface area contributed by atoms with Crippen molar-refractivity contribution in [1.29, 1.82) is 0 Å². The second kappa shape index (κ2) is 7.07. The number of aromatic hydroxyl groups is 1. The summed E-state index contributed by atoms with van der Waals surface area (Å²) in [6.07, 6.45) is 1.06. The van der Waals surface area contributed by atoms with Gasteiger partial charge in [-0.2, -0.15) is 0 Å². The van der Waals surface area contributed by atoms with Crippen molar-refractivity contribution in [2.75, 3.05) is 46.8 Å². The first-order valence-electron chi connectivity index (χ1n) is 7.45. The zero-order chi connectivity index (χ0) is 14.5. The van der Waals surface area contributed by atoms with Crippen LogP contribution in [-0.2, 0) is 13.0 Å². The molecule has 0 atom stereocenters. The molecule has 112 valence electrons. The summed E-state index contributed by atoms with van der Waals surface area (Å²) in [4.78, 5) is 4.60. The van der Waals surface area contributed by atoms with Crippen molar-refractivity contribution in [3.63, 3.8) is 0 Å². The van der Waals surface area contributed by atoms with Crippen molar-refractivity contribution in [2.45, 2.75) is 19.9 Å². The number of piperazine rings is 1. The minimum atomic E-state index is 0.449. The van der Waals surface area contributed by atoms with E-state index < -0.39 is 0 Å². The van der Waals surface area contributed by atoms with Gasteiger partial charge in [-0.25, -0.2) is 0 Å². The molecule has 0 aliphatic carbocycles. The van der Waals surface area contributed by atoms with Crippen LogP contribution in [-0.4, -0.2) is 61.7 Å². The molecule has 0 amide bonds. The topological polar surface area (TPSA) is 38.7 Å².